The van der Waals surface area contributed by atoms with E-state index >= 15 is 0 Å². The first-order valence-electron chi connectivity index (χ1n) is 21.5. The highest BCUT2D eigenvalue weighted by Gasteiger charge is 2.31. The van der Waals surface area contributed by atoms with Crippen molar-refractivity contribution in [3.63, 3.8) is 0 Å². The van der Waals surface area contributed by atoms with Crippen molar-refractivity contribution in [2.45, 2.75) is 44.1 Å². The van der Waals surface area contributed by atoms with Crippen LogP contribution in [-0.2, 0) is 14.8 Å². The quantitative estimate of drug-likeness (QED) is 0.0837. The summed E-state index contributed by atoms with van der Waals surface area (Å²) in [7, 11) is -2.62. The molecule has 3 aromatic carbocycles. The maximum absolute atomic E-state index is 14.2. The summed E-state index contributed by atoms with van der Waals surface area (Å²) in [6.45, 7) is 10.9. The van der Waals surface area contributed by atoms with Gasteiger partial charge in [0.2, 0.25) is 0 Å². The number of carbonyl (C=O) groups excluding carboxylic acids is 1. The summed E-state index contributed by atoms with van der Waals surface area (Å²) >= 11 is 6.26. The number of hydrogen-bond acceptors (Lipinski definition) is 12. The number of halogens is 1. The van der Waals surface area contributed by atoms with Crippen LogP contribution in [0.3, 0.4) is 0 Å². The molecule has 6 aromatic rings. The number of fused-ring (bicyclic) bond motifs is 2. The van der Waals surface area contributed by atoms with Gasteiger partial charge in [-0.1, -0.05) is 43.2 Å². The Kier molecular flexibility index (Phi) is 11.9. The number of anilines is 2. The zero-order valence-corrected chi connectivity index (χ0v) is 37.6. The van der Waals surface area contributed by atoms with Gasteiger partial charge in [0.1, 0.15) is 16.9 Å². The number of hydrogen-bond donors (Lipinski definition) is 3. The first kappa shape index (κ1) is 43.4. The Morgan fingerprint density at radius 2 is 1.83 bits per heavy atom. The Balaban J connectivity index is 0.972. The van der Waals surface area contributed by atoms with Crippen molar-refractivity contribution in [2.24, 2.45) is 5.41 Å². The number of likely N-dealkylation sites (N-methyl/N-ethyl adjacent to an activating group) is 1. The van der Waals surface area contributed by atoms with E-state index in [4.69, 9.17) is 21.3 Å². The first-order valence-corrected chi connectivity index (χ1v) is 23.4. The monoisotopic (exact) mass is 906 g/mol. The molecule has 5 heterocycles. The van der Waals surface area contributed by atoms with Crippen LogP contribution in [0.5, 0.6) is 0 Å². The number of H-pyrrole nitrogens is 1. The summed E-state index contributed by atoms with van der Waals surface area (Å²) in [5.41, 5.74) is 7.14. The molecule has 3 N–H and O–H groups in total. The van der Waals surface area contributed by atoms with E-state index in [1.165, 1.54) is 28.8 Å². The Hall–Kier alpha value is -5.85. The summed E-state index contributed by atoms with van der Waals surface area (Å²) < 4.78 is 37.2. The number of nitrogens with zero attached hydrogens (tertiary/aromatic N) is 7. The van der Waals surface area contributed by atoms with E-state index < -0.39 is 31.4 Å². The predicted octanol–water partition coefficient (Wildman–Crippen LogP) is 7.11. The standard InChI is InChI=1S/C46H51ClN10O6S/c1-46(2)14-12-32(38(25-46)30-4-6-33(47)7-5-30)28-54-16-18-55(19-17-54)34-8-10-37(41(23-34)56-42-22-31-13-15-48-44(31)51-40(42)27-50-56)45(58)52-64(61,62)36-9-11-39(43(24-36)57(59)60)49-26-35-29-53(3)20-21-63-35/h4-11,13,15,22-24,27,35,49H,12,14,16-21,25-26,28-29H2,1-3H3,(H,48,51)(H,52,58)/t35-/m1/s1. The van der Waals surface area contributed by atoms with Crippen LogP contribution in [0.1, 0.15) is 49.0 Å². The summed E-state index contributed by atoms with van der Waals surface area (Å²) in [5.74, 6) is -0.922. The van der Waals surface area contributed by atoms with Crippen molar-refractivity contribution in [3.8, 4) is 5.69 Å². The van der Waals surface area contributed by atoms with E-state index in [2.05, 4.69) is 60.8 Å². The average Bonchev–Trinajstić information content (AvgIpc) is 3.92. The predicted molar refractivity (Wildman–Crippen MR) is 249 cm³/mol. The van der Waals surface area contributed by atoms with Crippen molar-refractivity contribution in [1.29, 1.82) is 0 Å². The first-order chi connectivity index (χ1) is 30.7. The Morgan fingerprint density at radius 3 is 2.59 bits per heavy atom. The number of ether oxygens (including phenoxy) is 1. The molecule has 334 valence electrons. The number of nitro groups is 1. The fraction of sp³-hybridized carbons (Fsp3) is 0.370. The lowest BCUT2D eigenvalue weighted by molar-refractivity contribution is -0.384. The van der Waals surface area contributed by atoms with Gasteiger partial charge in [-0.25, -0.2) is 22.8 Å². The van der Waals surface area contributed by atoms with E-state index in [-0.39, 0.29) is 22.8 Å². The number of pyridine rings is 1. The third-order valence-electron chi connectivity index (χ3n) is 12.6. The van der Waals surface area contributed by atoms with Crippen LogP contribution in [0, 0.1) is 15.5 Å². The second-order valence-corrected chi connectivity index (χ2v) is 19.9. The Morgan fingerprint density at radius 1 is 1.03 bits per heavy atom. The van der Waals surface area contributed by atoms with E-state index in [1.807, 2.05) is 43.4 Å². The fourth-order valence-corrected chi connectivity index (χ4v) is 10.1. The van der Waals surface area contributed by atoms with E-state index in [1.54, 1.807) is 23.1 Å². The van der Waals surface area contributed by atoms with Crippen molar-refractivity contribution < 1.29 is 22.9 Å². The molecule has 0 radical (unpaired) electrons. The molecule has 0 bridgehead atoms. The number of aromatic nitrogens is 4. The second kappa shape index (κ2) is 17.6. The summed E-state index contributed by atoms with van der Waals surface area (Å²) in [6.07, 6.45) is 6.39. The number of morpholine rings is 1. The van der Waals surface area contributed by atoms with Crippen molar-refractivity contribution >= 4 is 72.2 Å². The number of carbonyl (C=O) groups is 1. The van der Waals surface area contributed by atoms with E-state index in [0.29, 0.717) is 42.1 Å². The molecule has 2 fully saturated rings. The molecule has 2 saturated heterocycles. The number of rotatable bonds is 12. The maximum Gasteiger partial charge on any atom is 0.293 e. The highest BCUT2D eigenvalue weighted by atomic mass is 35.5. The lowest BCUT2D eigenvalue weighted by Crippen LogP contribution is -2.47. The number of nitro benzene ring substituents is 1. The largest absolute Gasteiger partial charge is 0.377 e. The van der Waals surface area contributed by atoms with Gasteiger partial charge in [-0.15, -0.1) is 0 Å². The zero-order valence-electron chi connectivity index (χ0n) is 36.0. The number of benzene rings is 3. The molecule has 16 nitrogen and oxygen atoms in total. The lowest BCUT2D eigenvalue weighted by atomic mass is 9.72. The zero-order chi connectivity index (χ0) is 44.8. The summed E-state index contributed by atoms with van der Waals surface area (Å²) in [6, 6.07) is 20.8. The molecule has 64 heavy (non-hydrogen) atoms. The molecule has 1 amide bonds. The minimum absolute atomic E-state index is 0.0391. The molecule has 2 aliphatic heterocycles. The third kappa shape index (κ3) is 9.21. The SMILES string of the molecule is CN1CCO[C@H](CNc2ccc(S(=O)(=O)NC(=O)c3ccc(N4CCN(CC5=C(c6ccc(Cl)cc6)CC(C)(C)CC5)CC4)cc3-n3ncc4nc5[nH]ccc5cc43)cc2[N+](=O)[O-])C1. The van der Waals surface area contributed by atoms with Gasteiger partial charge in [-0.2, -0.15) is 5.10 Å². The van der Waals surface area contributed by atoms with Crippen molar-refractivity contribution in [1.82, 2.24) is 34.3 Å². The molecule has 18 heteroatoms. The van der Waals surface area contributed by atoms with Crippen LogP contribution in [0.25, 0.3) is 33.3 Å². The van der Waals surface area contributed by atoms with Gasteiger partial charge in [-0.05, 0) is 97.5 Å². The minimum Gasteiger partial charge on any atom is -0.377 e. The van der Waals surface area contributed by atoms with Gasteiger partial charge in [0, 0.05) is 80.7 Å². The fourth-order valence-electron chi connectivity index (χ4n) is 9.03. The van der Waals surface area contributed by atoms with Gasteiger partial charge in [0.05, 0.1) is 45.5 Å². The number of amides is 1. The molecular formula is C46H51ClN10O6S. The molecule has 3 aromatic heterocycles. The highest BCUT2D eigenvalue weighted by Crippen LogP contribution is 2.43. The number of piperazine rings is 1. The minimum atomic E-state index is -4.59. The average molecular weight is 907 g/mol. The number of aromatic amines is 1. The molecule has 3 aliphatic rings. The van der Waals surface area contributed by atoms with Gasteiger partial charge < -0.3 is 24.8 Å². The van der Waals surface area contributed by atoms with Crippen LogP contribution >= 0.6 is 11.6 Å². The molecule has 0 spiro atoms. The van der Waals surface area contributed by atoms with Gasteiger partial charge in [0.15, 0.2) is 0 Å². The number of sulfonamides is 1. The van der Waals surface area contributed by atoms with Crippen LogP contribution in [0.15, 0.2) is 95.7 Å². The van der Waals surface area contributed by atoms with Crippen LogP contribution < -0.4 is 14.9 Å². The maximum atomic E-state index is 14.2. The summed E-state index contributed by atoms with van der Waals surface area (Å²) in [4.78, 5) is 40.0. The smallest absolute Gasteiger partial charge is 0.293 e. The van der Waals surface area contributed by atoms with E-state index in [0.717, 1.165) is 80.7 Å². The molecule has 1 aliphatic carbocycles. The lowest BCUT2D eigenvalue weighted by Gasteiger charge is -2.39. The normalized spacial score (nSPS) is 18.8. The van der Waals surface area contributed by atoms with Crippen molar-refractivity contribution in [3.05, 3.63) is 117 Å². The van der Waals surface area contributed by atoms with Crippen LogP contribution in [-0.4, -0.2) is 121 Å². The van der Waals surface area contributed by atoms with Gasteiger partial charge in [-0.3, -0.25) is 19.8 Å². The van der Waals surface area contributed by atoms with Gasteiger partial charge in [0.25, 0.3) is 21.6 Å². The molecule has 0 unspecified atom stereocenters. The summed E-state index contributed by atoms with van der Waals surface area (Å²) in [5, 5.41) is 21.4. The number of allylic oxidation sites excluding steroid dienone is 1. The molecular weight excluding hydrogens is 856 g/mol. The van der Waals surface area contributed by atoms with E-state index in [9.17, 15) is 23.3 Å². The topological polar surface area (TPSA) is 184 Å². The second-order valence-electron chi connectivity index (χ2n) is 17.8. The molecule has 9 rings (SSSR count). The number of nitrogens with one attached hydrogen (secondary N) is 3. The van der Waals surface area contributed by atoms with Crippen LogP contribution in [0.2, 0.25) is 5.02 Å². The third-order valence-corrected chi connectivity index (χ3v) is 14.2. The Bertz CT molecular complexity index is 2890. The van der Waals surface area contributed by atoms with Crippen molar-refractivity contribution in [2.75, 3.05) is 76.2 Å². The molecule has 1 atom stereocenters. The van der Waals surface area contributed by atoms with Gasteiger partial charge >= 0.3 is 0 Å². The molecule has 0 saturated carbocycles. The Labute approximate surface area is 376 Å². The van der Waals surface area contributed by atoms with Crippen LogP contribution in [0.4, 0.5) is 17.1 Å². The highest BCUT2D eigenvalue weighted by molar-refractivity contribution is 7.90.